The van der Waals surface area contributed by atoms with E-state index in [0.717, 1.165) is 64.2 Å². The van der Waals surface area contributed by atoms with Crippen molar-refractivity contribution in [1.29, 1.82) is 0 Å². The van der Waals surface area contributed by atoms with E-state index in [0.29, 0.717) is 6.42 Å². The standard InChI is InChI=1S/C33H57NO3/c1-3-5-7-9-11-13-15-16-17-18-19-21-23-25-27-29-33(37)34-31(30-35)32(36)28-26-24-22-20-14-12-10-8-6-4-2/h6,8,11,13-14,16-17,20,26,28,31-32,35-36H,3-5,7,9-10,12,15,18-19,21-25,27,29-30H2,1-2H3,(H,34,37)/b8-6+,13-11-,17-16-,20-14+,28-26+. The smallest absolute Gasteiger partial charge is 0.220 e. The molecule has 0 aliphatic rings. The van der Waals surface area contributed by atoms with E-state index < -0.39 is 12.1 Å². The Morgan fingerprint density at radius 1 is 0.676 bits per heavy atom. The zero-order chi connectivity index (χ0) is 27.2. The third kappa shape index (κ3) is 25.5. The van der Waals surface area contributed by atoms with E-state index in [1.165, 1.54) is 38.5 Å². The molecule has 0 radical (unpaired) electrons. The highest BCUT2D eigenvalue weighted by Gasteiger charge is 2.17. The average Bonchev–Trinajstić information content (AvgIpc) is 2.90. The van der Waals surface area contributed by atoms with Crippen LogP contribution in [0.15, 0.2) is 60.8 Å². The van der Waals surface area contributed by atoms with Crippen LogP contribution in [-0.2, 0) is 4.79 Å². The number of hydrogen-bond acceptors (Lipinski definition) is 3. The molecule has 0 aliphatic carbocycles. The van der Waals surface area contributed by atoms with Crippen molar-refractivity contribution >= 4 is 5.91 Å². The number of carbonyl (C=O) groups is 1. The molecule has 3 N–H and O–H groups in total. The van der Waals surface area contributed by atoms with Crippen LogP contribution < -0.4 is 5.32 Å². The number of hydrogen-bond donors (Lipinski definition) is 3. The van der Waals surface area contributed by atoms with Gasteiger partial charge in [0.1, 0.15) is 0 Å². The zero-order valence-electron chi connectivity index (χ0n) is 24.0. The molecule has 0 heterocycles. The number of rotatable bonds is 25. The van der Waals surface area contributed by atoms with Gasteiger partial charge in [-0.2, -0.15) is 0 Å². The third-order valence-corrected chi connectivity index (χ3v) is 6.21. The number of allylic oxidation sites excluding steroid dienone is 9. The van der Waals surface area contributed by atoms with Crippen molar-refractivity contribution in [3.63, 3.8) is 0 Å². The molecule has 0 saturated heterocycles. The predicted octanol–water partition coefficient (Wildman–Crippen LogP) is 8.28. The fraction of sp³-hybridized carbons (Fsp3) is 0.667. The summed E-state index contributed by atoms with van der Waals surface area (Å²) < 4.78 is 0. The molecule has 2 atom stereocenters. The number of amides is 1. The quantitative estimate of drug-likeness (QED) is 0.0846. The van der Waals surface area contributed by atoms with Crippen molar-refractivity contribution in [2.75, 3.05) is 6.61 Å². The van der Waals surface area contributed by atoms with Gasteiger partial charge in [0.15, 0.2) is 0 Å². The first-order chi connectivity index (χ1) is 18.2. The SMILES string of the molecule is CC/C=C/CC/C=C/CC/C=C/C(O)C(CO)NC(=O)CCCCCCC/C=C\C/C=C\CCCCC. The molecule has 4 heteroatoms. The molecule has 0 fully saturated rings. The lowest BCUT2D eigenvalue weighted by Gasteiger charge is -2.19. The molecule has 1 amide bonds. The second kappa shape index (κ2) is 28.7. The van der Waals surface area contributed by atoms with E-state index in [-0.39, 0.29) is 12.5 Å². The summed E-state index contributed by atoms with van der Waals surface area (Å²) in [7, 11) is 0. The van der Waals surface area contributed by atoms with Crippen molar-refractivity contribution in [2.24, 2.45) is 0 Å². The number of aliphatic hydroxyl groups excluding tert-OH is 2. The van der Waals surface area contributed by atoms with Crippen LogP contribution in [0.25, 0.3) is 0 Å². The number of nitrogens with one attached hydrogen (secondary N) is 1. The van der Waals surface area contributed by atoms with Gasteiger partial charge >= 0.3 is 0 Å². The molecule has 0 aromatic heterocycles. The van der Waals surface area contributed by atoms with Crippen molar-refractivity contribution in [1.82, 2.24) is 5.32 Å². The van der Waals surface area contributed by atoms with Gasteiger partial charge in [-0.1, -0.05) is 107 Å². The maximum absolute atomic E-state index is 12.2. The van der Waals surface area contributed by atoms with Crippen LogP contribution in [0, 0.1) is 0 Å². The summed E-state index contributed by atoms with van der Waals surface area (Å²) >= 11 is 0. The average molecular weight is 516 g/mol. The molecule has 4 nitrogen and oxygen atoms in total. The second-order valence-corrected chi connectivity index (χ2v) is 9.76. The molecule has 212 valence electrons. The molecule has 0 spiro atoms. The van der Waals surface area contributed by atoms with E-state index in [1.54, 1.807) is 6.08 Å². The van der Waals surface area contributed by atoms with E-state index in [1.807, 2.05) is 6.08 Å². The van der Waals surface area contributed by atoms with Crippen LogP contribution in [0.5, 0.6) is 0 Å². The van der Waals surface area contributed by atoms with Crippen LogP contribution in [0.3, 0.4) is 0 Å². The van der Waals surface area contributed by atoms with Crippen molar-refractivity contribution < 1.29 is 15.0 Å². The fourth-order valence-electron chi connectivity index (χ4n) is 3.89. The van der Waals surface area contributed by atoms with Gasteiger partial charge in [0, 0.05) is 6.42 Å². The van der Waals surface area contributed by atoms with Gasteiger partial charge in [0.05, 0.1) is 18.8 Å². The molecule has 0 aromatic carbocycles. The van der Waals surface area contributed by atoms with Gasteiger partial charge in [-0.3, -0.25) is 4.79 Å². The minimum Gasteiger partial charge on any atom is -0.394 e. The lowest BCUT2D eigenvalue weighted by Crippen LogP contribution is -2.45. The summed E-state index contributed by atoms with van der Waals surface area (Å²) in [5.74, 6) is -0.0998. The van der Waals surface area contributed by atoms with Crippen LogP contribution in [0.4, 0.5) is 0 Å². The van der Waals surface area contributed by atoms with Crippen LogP contribution in [0.1, 0.15) is 123 Å². The summed E-state index contributed by atoms with van der Waals surface area (Å²) in [6, 6.07) is -0.650. The van der Waals surface area contributed by atoms with Crippen molar-refractivity contribution in [3.8, 4) is 0 Å². The molecule has 0 bridgehead atoms. The molecule has 2 unspecified atom stereocenters. The molecule has 0 aromatic rings. The van der Waals surface area contributed by atoms with E-state index in [2.05, 4.69) is 67.8 Å². The van der Waals surface area contributed by atoms with Gasteiger partial charge in [-0.25, -0.2) is 0 Å². The summed E-state index contributed by atoms with van der Waals surface area (Å²) in [6.07, 6.45) is 38.6. The summed E-state index contributed by atoms with van der Waals surface area (Å²) in [6.45, 7) is 4.10. The molecule has 0 saturated carbocycles. The number of carbonyl (C=O) groups excluding carboxylic acids is 1. The third-order valence-electron chi connectivity index (χ3n) is 6.21. The van der Waals surface area contributed by atoms with Crippen molar-refractivity contribution in [2.45, 2.75) is 135 Å². The van der Waals surface area contributed by atoms with Gasteiger partial charge in [-0.15, -0.1) is 0 Å². The Morgan fingerprint density at radius 3 is 1.84 bits per heavy atom. The van der Waals surface area contributed by atoms with Crippen LogP contribution in [-0.4, -0.2) is 34.9 Å². The zero-order valence-corrected chi connectivity index (χ0v) is 24.0. The Hall–Kier alpha value is -1.91. The fourth-order valence-corrected chi connectivity index (χ4v) is 3.89. The minimum absolute atomic E-state index is 0.0998. The predicted molar refractivity (Wildman–Crippen MR) is 161 cm³/mol. The maximum Gasteiger partial charge on any atom is 0.220 e. The van der Waals surface area contributed by atoms with Gasteiger partial charge in [0.2, 0.25) is 5.91 Å². The summed E-state index contributed by atoms with van der Waals surface area (Å²) in [5.41, 5.74) is 0. The second-order valence-electron chi connectivity index (χ2n) is 9.76. The van der Waals surface area contributed by atoms with Crippen LogP contribution in [0.2, 0.25) is 0 Å². The topological polar surface area (TPSA) is 69.6 Å². The Bertz CT molecular complexity index is 648. The molecular weight excluding hydrogens is 458 g/mol. The number of unbranched alkanes of at least 4 members (excludes halogenated alkanes) is 10. The van der Waals surface area contributed by atoms with Gasteiger partial charge in [-0.05, 0) is 70.6 Å². The minimum atomic E-state index is -0.873. The van der Waals surface area contributed by atoms with E-state index >= 15 is 0 Å². The van der Waals surface area contributed by atoms with Crippen LogP contribution >= 0.6 is 0 Å². The first kappa shape index (κ1) is 35.1. The van der Waals surface area contributed by atoms with Gasteiger partial charge < -0.3 is 15.5 Å². The first-order valence-electron chi connectivity index (χ1n) is 15.0. The van der Waals surface area contributed by atoms with Crippen molar-refractivity contribution in [3.05, 3.63) is 60.8 Å². The Balaban J connectivity index is 3.79. The summed E-state index contributed by atoms with van der Waals surface area (Å²) in [5, 5.41) is 22.6. The highest BCUT2D eigenvalue weighted by molar-refractivity contribution is 5.76. The lowest BCUT2D eigenvalue weighted by molar-refractivity contribution is -0.123. The van der Waals surface area contributed by atoms with E-state index in [9.17, 15) is 15.0 Å². The van der Waals surface area contributed by atoms with Gasteiger partial charge in [0.25, 0.3) is 0 Å². The molecule has 37 heavy (non-hydrogen) atoms. The molecular formula is C33H57NO3. The first-order valence-corrected chi connectivity index (χ1v) is 15.0. The van der Waals surface area contributed by atoms with E-state index in [4.69, 9.17) is 0 Å². The highest BCUT2D eigenvalue weighted by Crippen LogP contribution is 2.09. The largest absolute Gasteiger partial charge is 0.394 e. The molecule has 0 rings (SSSR count). The summed E-state index contributed by atoms with van der Waals surface area (Å²) in [4.78, 5) is 12.2. The Kier molecular flexibility index (Phi) is 27.2. The number of aliphatic hydroxyl groups is 2. The lowest BCUT2D eigenvalue weighted by atomic mass is 10.1. The highest BCUT2D eigenvalue weighted by atomic mass is 16.3. The molecule has 0 aliphatic heterocycles. The Morgan fingerprint density at radius 2 is 1.22 bits per heavy atom. The Labute approximate surface area is 228 Å². The maximum atomic E-state index is 12.2. The normalized spacial score (nSPS) is 14.2. The monoisotopic (exact) mass is 515 g/mol.